The average molecular weight is 385 g/mol. The van der Waals surface area contributed by atoms with E-state index in [9.17, 15) is 8.78 Å². The summed E-state index contributed by atoms with van der Waals surface area (Å²) in [5.74, 6) is 2.06. The van der Waals surface area contributed by atoms with Crippen molar-refractivity contribution in [2.45, 2.75) is 58.3 Å². The van der Waals surface area contributed by atoms with E-state index in [0.29, 0.717) is 12.0 Å². The Morgan fingerprint density at radius 2 is 1.82 bits per heavy atom. The number of rotatable bonds is 4. The highest BCUT2D eigenvalue weighted by Crippen LogP contribution is 2.48. The molecule has 0 aliphatic heterocycles. The fourth-order valence-corrected chi connectivity index (χ4v) is 5.37. The lowest BCUT2D eigenvalue weighted by molar-refractivity contribution is 0.124. The van der Waals surface area contributed by atoms with E-state index in [0.717, 1.165) is 41.5 Å². The summed E-state index contributed by atoms with van der Waals surface area (Å²) < 4.78 is 35.2. The molecule has 4 unspecified atom stereocenters. The van der Waals surface area contributed by atoms with Crippen molar-refractivity contribution in [2.75, 3.05) is 6.61 Å². The second kappa shape index (κ2) is 8.23. The lowest BCUT2D eigenvalue weighted by Gasteiger charge is -2.41. The van der Waals surface area contributed by atoms with Gasteiger partial charge in [0.15, 0.2) is 11.6 Å². The SMILES string of the molecule is CC=CCOc1ccc2cc(C3CCC4CC(C)CCC4C3)c(F)cc2c1F. The molecule has 2 saturated carbocycles. The number of halogens is 2. The van der Waals surface area contributed by atoms with Crippen molar-refractivity contribution in [3.63, 3.8) is 0 Å². The standard InChI is InChI=1S/C25H30F2O/c1-3-4-11-28-24-10-9-20-14-21(23(26)15-22(20)25(24)27)19-8-7-17-12-16(2)5-6-18(17)13-19/h3-4,9-10,14-19H,5-8,11-13H2,1-2H3. The van der Waals surface area contributed by atoms with E-state index in [1.54, 1.807) is 6.07 Å². The first-order valence-corrected chi connectivity index (χ1v) is 10.7. The summed E-state index contributed by atoms with van der Waals surface area (Å²) in [7, 11) is 0. The quantitative estimate of drug-likeness (QED) is 0.499. The first-order valence-electron chi connectivity index (χ1n) is 10.7. The van der Waals surface area contributed by atoms with Gasteiger partial charge in [-0.3, -0.25) is 0 Å². The zero-order chi connectivity index (χ0) is 19.7. The van der Waals surface area contributed by atoms with Crippen molar-refractivity contribution in [2.24, 2.45) is 17.8 Å². The van der Waals surface area contributed by atoms with E-state index >= 15 is 0 Å². The maximum Gasteiger partial charge on any atom is 0.172 e. The van der Waals surface area contributed by atoms with E-state index < -0.39 is 5.82 Å². The Labute approximate surface area is 166 Å². The van der Waals surface area contributed by atoms with Crippen molar-refractivity contribution in [1.29, 1.82) is 0 Å². The summed E-state index contributed by atoms with van der Waals surface area (Å²) in [6.45, 7) is 4.55. The van der Waals surface area contributed by atoms with Crippen LogP contribution in [0.15, 0.2) is 36.4 Å². The summed E-state index contributed by atoms with van der Waals surface area (Å²) >= 11 is 0. The van der Waals surface area contributed by atoms with Gasteiger partial charge in [-0.25, -0.2) is 8.78 Å². The molecule has 0 aromatic heterocycles. The van der Waals surface area contributed by atoms with Gasteiger partial charge < -0.3 is 4.74 Å². The Hall–Kier alpha value is -1.90. The van der Waals surface area contributed by atoms with Crippen molar-refractivity contribution < 1.29 is 13.5 Å². The van der Waals surface area contributed by atoms with Gasteiger partial charge in [0.2, 0.25) is 0 Å². The Morgan fingerprint density at radius 3 is 2.64 bits per heavy atom. The van der Waals surface area contributed by atoms with Gasteiger partial charge in [-0.2, -0.15) is 0 Å². The minimum Gasteiger partial charge on any atom is -0.486 e. The number of fused-ring (bicyclic) bond motifs is 2. The third-order valence-electron chi connectivity index (χ3n) is 6.92. The average Bonchev–Trinajstić information content (AvgIpc) is 2.69. The highest BCUT2D eigenvalue weighted by atomic mass is 19.1. The Kier molecular flexibility index (Phi) is 5.70. The molecule has 2 aromatic carbocycles. The van der Waals surface area contributed by atoms with Crippen LogP contribution in [-0.4, -0.2) is 6.61 Å². The van der Waals surface area contributed by atoms with E-state index in [1.165, 1.54) is 31.7 Å². The minimum absolute atomic E-state index is 0.176. The van der Waals surface area contributed by atoms with E-state index in [2.05, 4.69) is 6.92 Å². The predicted molar refractivity (Wildman–Crippen MR) is 111 cm³/mol. The van der Waals surface area contributed by atoms with Crippen molar-refractivity contribution in [3.8, 4) is 5.75 Å². The first-order chi connectivity index (χ1) is 13.6. The molecule has 1 nitrogen and oxygen atoms in total. The molecule has 3 heteroatoms. The van der Waals surface area contributed by atoms with Gasteiger partial charge in [0.1, 0.15) is 12.4 Å². The summed E-state index contributed by atoms with van der Waals surface area (Å²) in [5, 5.41) is 1.06. The monoisotopic (exact) mass is 384 g/mol. The fourth-order valence-electron chi connectivity index (χ4n) is 5.37. The largest absolute Gasteiger partial charge is 0.486 e. The maximum atomic E-state index is 15.0. The van der Waals surface area contributed by atoms with Gasteiger partial charge >= 0.3 is 0 Å². The molecule has 4 atom stereocenters. The van der Waals surface area contributed by atoms with Crippen LogP contribution in [0.3, 0.4) is 0 Å². The minimum atomic E-state index is -0.475. The van der Waals surface area contributed by atoms with Crippen LogP contribution in [0.2, 0.25) is 0 Å². The van der Waals surface area contributed by atoms with Crippen molar-refractivity contribution in [3.05, 3.63) is 53.6 Å². The molecule has 0 heterocycles. The lowest BCUT2D eigenvalue weighted by atomic mass is 9.64. The highest BCUT2D eigenvalue weighted by molar-refractivity contribution is 5.85. The highest BCUT2D eigenvalue weighted by Gasteiger charge is 2.35. The van der Waals surface area contributed by atoms with Crippen LogP contribution in [0.5, 0.6) is 5.75 Å². The second-order valence-electron chi connectivity index (χ2n) is 8.80. The van der Waals surface area contributed by atoms with Gasteiger partial charge in [0, 0.05) is 5.39 Å². The molecule has 2 aliphatic carbocycles. The number of hydrogen-bond donors (Lipinski definition) is 0. The summed E-state index contributed by atoms with van der Waals surface area (Å²) in [6.07, 6.45) is 10.9. The molecule has 2 aromatic rings. The summed E-state index contributed by atoms with van der Waals surface area (Å²) in [6, 6.07) is 6.75. The fraction of sp³-hybridized carbons (Fsp3) is 0.520. The molecule has 0 N–H and O–H groups in total. The molecule has 0 radical (unpaired) electrons. The van der Waals surface area contributed by atoms with Crippen LogP contribution in [0, 0.1) is 29.4 Å². The first kappa shape index (κ1) is 19.4. The van der Waals surface area contributed by atoms with Crippen LogP contribution in [0.1, 0.15) is 63.9 Å². The van der Waals surface area contributed by atoms with E-state index in [-0.39, 0.29) is 17.5 Å². The molecule has 28 heavy (non-hydrogen) atoms. The zero-order valence-corrected chi connectivity index (χ0v) is 16.9. The number of allylic oxidation sites excluding steroid dienone is 1. The molecule has 2 aliphatic rings. The number of benzene rings is 2. The molecule has 150 valence electrons. The number of ether oxygens (including phenoxy) is 1. The predicted octanol–water partition coefficient (Wildman–Crippen LogP) is 7.39. The normalized spacial score (nSPS) is 27.9. The lowest BCUT2D eigenvalue weighted by Crippen LogP contribution is -2.29. The second-order valence-corrected chi connectivity index (χ2v) is 8.80. The molecule has 0 spiro atoms. The van der Waals surface area contributed by atoms with E-state index in [4.69, 9.17) is 4.74 Å². The third kappa shape index (κ3) is 3.81. The maximum absolute atomic E-state index is 15.0. The Balaban J connectivity index is 1.58. The summed E-state index contributed by atoms with van der Waals surface area (Å²) in [5.41, 5.74) is 0.770. The molecule has 0 bridgehead atoms. The van der Waals surface area contributed by atoms with Gasteiger partial charge in [-0.15, -0.1) is 0 Å². The van der Waals surface area contributed by atoms with Gasteiger partial charge in [0.25, 0.3) is 0 Å². The smallest absolute Gasteiger partial charge is 0.172 e. The molecular formula is C25H30F2O. The summed E-state index contributed by atoms with van der Waals surface area (Å²) in [4.78, 5) is 0. The van der Waals surface area contributed by atoms with Crippen LogP contribution in [-0.2, 0) is 0 Å². The molecule has 2 fully saturated rings. The molecule has 4 rings (SSSR count). The van der Waals surface area contributed by atoms with Gasteiger partial charge in [-0.1, -0.05) is 31.6 Å². The Morgan fingerprint density at radius 1 is 1.04 bits per heavy atom. The van der Waals surface area contributed by atoms with Crippen molar-refractivity contribution >= 4 is 10.8 Å². The molecular weight excluding hydrogens is 354 g/mol. The van der Waals surface area contributed by atoms with Crippen LogP contribution in [0.25, 0.3) is 10.8 Å². The van der Waals surface area contributed by atoms with Gasteiger partial charge in [-0.05, 0) is 91.8 Å². The zero-order valence-electron chi connectivity index (χ0n) is 16.9. The van der Waals surface area contributed by atoms with Gasteiger partial charge in [0.05, 0.1) is 0 Å². The van der Waals surface area contributed by atoms with E-state index in [1.807, 2.05) is 31.2 Å². The van der Waals surface area contributed by atoms with Crippen molar-refractivity contribution in [1.82, 2.24) is 0 Å². The third-order valence-corrected chi connectivity index (χ3v) is 6.92. The molecule has 0 saturated heterocycles. The topological polar surface area (TPSA) is 9.23 Å². The number of hydrogen-bond acceptors (Lipinski definition) is 1. The Bertz CT molecular complexity index is 872. The van der Waals surface area contributed by atoms with Crippen LogP contribution in [0.4, 0.5) is 8.78 Å². The van der Waals surface area contributed by atoms with Crippen LogP contribution < -0.4 is 4.74 Å². The van der Waals surface area contributed by atoms with Crippen LogP contribution >= 0.6 is 0 Å². The molecule has 0 amide bonds.